The van der Waals surface area contributed by atoms with E-state index >= 15 is 0 Å². The predicted octanol–water partition coefficient (Wildman–Crippen LogP) is 8.67. The number of halogens is 3. The average Bonchev–Trinajstić information content (AvgIpc) is 4.27. The summed E-state index contributed by atoms with van der Waals surface area (Å²) in [4.78, 5) is 25.7. The summed E-state index contributed by atoms with van der Waals surface area (Å²) in [5, 5.41) is 11.8. The van der Waals surface area contributed by atoms with Crippen molar-refractivity contribution in [3.63, 3.8) is 0 Å². The van der Waals surface area contributed by atoms with E-state index in [9.17, 15) is 13.2 Å². The number of alkyl halides is 3. The Morgan fingerprint density at radius 3 is 1.52 bits per heavy atom. The quantitative estimate of drug-likeness (QED) is 0.160. The van der Waals surface area contributed by atoms with Gasteiger partial charge in [-0.05, 0) is 0 Å². The summed E-state index contributed by atoms with van der Waals surface area (Å²) in [7, 11) is 0. The zero-order valence-electron chi connectivity index (χ0n) is 41.9. The van der Waals surface area contributed by atoms with Crippen molar-refractivity contribution in [2.45, 2.75) is 39.3 Å². The molecule has 12 aromatic rings. The molecule has 2 aromatic carbocycles. The third kappa shape index (κ3) is 14.0. The van der Waals surface area contributed by atoms with Crippen molar-refractivity contribution in [1.29, 1.82) is 0 Å². The minimum absolute atomic E-state index is 0.0942. The normalized spacial score (nSPS) is 11.1. The summed E-state index contributed by atoms with van der Waals surface area (Å²) in [6.45, 7) is 8.59. The Labute approximate surface area is 483 Å². The Balaban J connectivity index is 0.000000125. The molecule has 0 bridgehead atoms. The number of benzene rings is 2. The number of hydrogen-bond donors (Lipinski definition) is 0. The molecule has 0 saturated heterocycles. The first-order valence-electron chi connectivity index (χ1n) is 23.4. The van der Waals surface area contributed by atoms with E-state index in [1.54, 1.807) is 18.2 Å². The van der Waals surface area contributed by atoms with Crippen molar-refractivity contribution in [1.82, 2.24) is 56.7 Å². The Hall–Kier alpha value is -5.87. The number of aryl methyl sites for hydroxylation is 1. The SMILES string of the molecule is CC(C)(C)c1cc(-c2ccccn2)[n]([GaH])n1.Cc1ccnc(-c2ncc[n]2[GaH])c1.FC(F)(F)c1cc(-c2ccccn2)[n]([GaH])n1.[GaH][n]1c(-c2ccccn2)cc2ccccc21.[GaH][n]1ccc2ccc3cccnc3c21. The van der Waals surface area contributed by atoms with E-state index in [-0.39, 0.29) is 5.41 Å². The van der Waals surface area contributed by atoms with E-state index in [0.29, 0.717) is 30.2 Å². The molecular weight excluding hydrogens is 1240 g/mol. The molecule has 0 unspecified atom stereocenters. The van der Waals surface area contributed by atoms with Gasteiger partial charge in [-0.1, -0.05) is 0 Å². The van der Waals surface area contributed by atoms with Gasteiger partial charge in [0.15, 0.2) is 0 Å². The van der Waals surface area contributed by atoms with Crippen LogP contribution in [-0.4, -0.2) is 151 Å². The fraction of sp³-hybridized carbons (Fsp3) is 0.111. The zero-order valence-corrected chi connectivity index (χ0v) is 56.7. The van der Waals surface area contributed by atoms with Gasteiger partial charge in [-0.15, -0.1) is 0 Å². The van der Waals surface area contributed by atoms with Crippen LogP contribution in [0.1, 0.15) is 37.7 Å². The second-order valence-corrected chi connectivity index (χ2v) is 24.7. The Bertz CT molecular complexity index is 3700. The van der Waals surface area contributed by atoms with Crippen molar-refractivity contribution >= 4 is 127 Å². The van der Waals surface area contributed by atoms with Gasteiger partial charge in [0.2, 0.25) is 0 Å². The van der Waals surface area contributed by atoms with Crippen molar-refractivity contribution in [3.05, 3.63) is 206 Å². The van der Waals surface area contributed by atoms with Gasteiger partial charge >= 0.3 is 488 Å². The van der Waals surface area contributed by atoms with Crippen molar-refractivity contribution in [2.24, 2.45) is 0 Å². The number of aromatic nitrogens is 13. The molecule has 0 fully saturated rings. The summed E-state index contributed by atoms with van der Waals surface area (Å²) in [5.74, 6) is 0.962. The fourth-order valence-corrected chi connectivity index (χ4v) is 12.2. The number of imidazole rings is 1. The van der Waals surface area contributed by atoms with Crippen LogP contribution in [0, 0.1) is 6.92 Å². The molecule has 0 aliphatic rings. The number of hydrogen-bond acceptors (Lipinski definition) is 8. The van der Waals surface area contributed by atoms with Crippen molar-refractivity contribution in [2.75, 3.05) is 0 Å². The molecule has 13 nitrogen and oxygen atoms in total. The minimum atomic E-state index is -4.41. The number of rotatable bonds is 4. The van der Waals surface area contributed by atoms with Gasteiger partial charge < -0.3 is 0 Å². The van der Waals surface area contributed by atoms with E-state index in [4.69, 9.17) is 0 Å². The molecule has 5 radical (unpaired) electrons. The standard InChI is InChI=1S/C13H9N2.C12H14N3.C11H7N2.C9H5F3N3.C9H8N3.5Ga.5H/c1-2-6-11-10(5-1)9-13(15-11)12-7-3-4-8-14-12;1-12(2,3)11-8-10(14-15-11)9-6-4-5-7-13-9;1-2-8-3-4-9-5-7-13-11(9)10(8)12-6-1;10-9(11,12)8-5-7(14-15-8)6-3-1-2-4-13-6;1-7-2-3-10-8(6-7)9-11-4-5-12-9;;;;;;;;;;/h1-9H;4-8H,1-3H3;1-7H;1-5H;2-6H,1H3;;;;;;;;;;/q5*-1;5*+1;;;;;. The number of nitrogens with zero attached hydrogens (tertiary/aromatic N) is 13. The van der Waals surface area contributed by atoms with E-state index in [1.165, 1.54) is 48.0 Å². The average molecular weight is 1280 g/mol. The van der Waals surface area contributed by atoms with Gasteiger partial charge in [-0.25, -0.2) is 0 Å². The van der Waals surface area contributed by atoms with Crippen LogP contribution >= 0.6 is 0 Å². The molecule has 0 N–H and O–H groups in total. The Morgan fingerprint density at radius 1 is 0.440 bits per heavy atom. The van der Waals surface area contributed by atoms with Crippen LogP contribution in [0.3, 0.4) is 0 Å². The number of fused-ring (bicyclic) bond motifs is 4. The van der Waals surface area contributed by atoms with Gasteiger partial charge in [0, 0.05) is 0 Å². The molecule has 0 saturated carbocycles. The molecule has 10 heterocycles. The third-order valence-electron chi connectivity index (χ3n) is 11.6. The molecular formula is C54H48F3Ga5N13. The first-order chi connectivity index (χ1) is 36.0. The third-order valence-corrected chi connectivity index (χ3v) is 17.2. The van der Waals surface area contributed by atoms with Crippen LogP contribution < -0.4 is 0 Å². The molecule has 0 aliphatic heterocycles. The molecule has 0 amide bonds. The van der Waals surface area contributed by atoms with E-state index in [1.807, 2.05) is 83.0 Å². The van der Waals surface area contributed by atoms with Crippen LogP contribution in [-0.2, 0) is 11.6 Å². The predicted molar refractivity (Wildman–Crippen MR) is 300 cm³/mol. The second kappa shape index (κ2) is 24.9. The molecule has 10 aromatic heterocycles. The van der Waals surface area contributed by atoms with Gasteiger partial charge in [0.05, 0.1) is 0 Å². The number of para-hydroxylation sites is 1. The van der Waals surface area contributed by atoms with Gasteiger partial charge in [-0.2, -0.15) is 0 Å². The molecule has 21 heteroatoms. The molecule has 12 rings (SSSR count). The molecule has 0 aliphatic carbocycles. The molecule has 0 spiro atoms. The molecule has 0 atom stereocenters. The van der Waals surface area contributed by atoms with Gasteiger partial charge in [0.25, 0.3) is 0 Å². The fourth-order valence-electron chi connectivity index (χ4n) is 7.74. The Morgan fingerprint density at radius 2 is 0.987 bits per heavy atom. The Kier molecular flexibility index (Phi) is 18.4. The van der Waals surface area contributed by atoms with E-state index in [0.717, 1.165) is 121 Å². The maximum absolute atomic E-state index is 12.4. The molecule has 365 valence electrons. The topological polar surface area (TPSA) is 128 Å². The first-order valence-corrected chi connectivity index (χ1v) is 30.1. The van der Waals surface area contributed by atoms with Crippen LogP contribution in [0.5, 0.6) is 0 Å². The summed E-state index contributed by atoms with van der Waals surface area (Å²) in [6.07, 6.45) is 10.4. The summed E-state index contributed by atoms with van der Waals surface area (Å²) < 4.78 is 47.2. The summed E-state index contributed by atoms with van der Waals surface area (Å²) in [6, 6.07) is 45.5. The van der Waals surface area contributed by atoms with Crippen molar-refractivity contribution < 1.29 is 13.2 Å². The van der Waals surface area contributed by atoms with E-state index < -0.39 is 11.9 Å². The van der Waals surface area contributed by atoms with Crippen molar-refractivity contribution in [3.8, 4) is 45.7 Å². The summed E-state index contributed by atoms with van der Waals surface area (Å²) in [5.41, 5.74) is 11.4. The second-order valence-electron chi connectivity index (χ2n) is 18.0. The molecule has 75 heavy (non-hydrogen) atoms. The first kappa shape index (κ1) is 55.4. The maximum atomic E-state index is 12.4. The van der Waals surface area contributed by atoms with Crippen LogP contribution in [0.25, 0.3) is 78.4 Å². The van der Waals surface area contributed by atoms with E-state index in [2.05, 4.69) is 157 Å². The monoisotopic (exact) mass is 1280 g/mol. The zero-order chi connectivity index (χ0) is 53.3. The summed E-state index contributed by atoms with van der Waals surface area (Å²) >= 11 is 4.72. The van der Waals surface area contributed by atoms with Crippen LogP contribution in [0.15, 0.2) is 189 Å². The van der Waals surface area contributed by atoms with Gasteiger partial charge in [0.1, 0.15) is 0 Å². The van der Waals surface area contributed by atoms with Crippen LogP contribution in [0.2, 0.25) is 0 Å². The number of pyridine rings is 5. The van der Waals surface area contributed by atoms with Crippen LogP contribution in [0.4, 0.5) is 13.2 Å². The van der Waals surface area contributed by atoms with Gasteiger partial charge in [-0.3, -0.25) is 0 Å².